The molecular weight excluding hydrogens is 227 g/mol. The van der Waals surface area contributed by atoms with Crippen LogP contribution in [0.3, 0.4) is 0 Å². The van der Waals surface area contributed by atoms with Crippen molar-refractivity contribution in [1.82, 2.24) is 0 Å². The zero-order chi connectivity index (χ0) is 13.8. The molecule has 0 aliphatic carbocycles. The van der Waals surface area contributed by atoms with Crippen molar-refractivity contribution in [1.29, 1.82) is 0 Å². The maximum Gasteiger partial charge on any atom is 0.488 e. The summed E-state index contributed by atoms with van der Waals surface area (Å²) in [7, 11) is -1.43. The first kappa shape index (κ1) is 15.1. The molecule has 4 heteroatoms. The van der Waals surface area contributed by atoms with E-state index in [1.807, 2.05) is 12.1 Å². The van der Waals surface area contributed by atoms with E-state index < -0.39 is 7.12 Å². The number of ether oxygens (including phenoxy) is 1. The smallest absolute Gasteiger partial charge is 0.488 e. The van der Waals surface area contributed by atoms with Crippen LogP contribution in [0.5, 0.6) is 5.75 Å². The van der Waals surface area contributed by atoms with Crippen molar-refractivity contribution in [2.24, 2.45) is 0 Å². The Balaban J connectivity index is 3.02. The number of benzene rings is 1. The van der Waals surface area contributed by atoms with Crippen molar-refractivity contribution >= 4 is 12.6 Å². The molecule has 0 amide bonds. The Morgan fingerprint density at radius 2 is 1.89 bits per heavy atom. The fraction of sp³-hybridized carbons (Fsp3) is 0.571. The van der Waals surface area contributed by atoms with Gasteiger partial charge in [0.05, 0.1) is 6.61 Å². The summed E-state index contributed by atoms with van der Waals surface area (Å²) in [5.74, 6) is 0.834. The lowest BCUT2D eigenvalue weighted by atomic mass is 9.76. The molecule has 1 rings (SSSR count). The first-order valence-electron chi connectivity index (χ1n) is 6.49. The zero-order valence-corrected chi connectivity index (χ0v) is 11.7. The highest BCUT2D eigenvalue weighted by Gasteiger charge is 2.22. The van der Waals surface area contributed by atoms with Crippen LogP contribution in [0, 0.1) is 0 Å². The molecular formula is C14H23BO3. The van der Waals surface area contributed by atoms with Crippen molar-refractivity contribution in [3.8, 4) is 5.75 Å². The number of rotatable bonds is 5. The predicted molar refractivity (Wildman–Crippen MR) is 75.4 cm³/mol. The minimum Gasteiger partial charge on any atom is -0.493 e. The van der Waals surface area contributed by atoms with Gasteiger partial charge in [-0.05, 0) is 28.9 Å². The van der Waals surface area contributed by atoms with Crippen LogP contribution in [0.2, 0.25) is 0 Å². The van der Waals surface area contributed by atoms with Crippen LogP contribution in [0.4, 0.5) is 0 Å². The largest absolute Gasteiger partial charge is 0.493 e. The summed E-state index contributed by atoms with van der Waals surface area (Å²) in [4.78, 5) is 0. The highest BCUT2D eigenvalue weighted by molar-refractivity contribution is 6.58. The van der Waals surface area contributed by atoms with Gasteiger partial charge >= 0.3 is 7.12 Å². The third kappa shape index (κ3) is 4.04. The third-order valence-corrected chi connectivity index (χ3v) is 2.87. The summed E-state index contributed by atoms with van der Waals surface area (Å²) in [5, 5.41) is 18.5. The second kappa shape index (κ2) is 6.25. The molecule has 0 atom stereocenters. The molecule has 0 saturated heterocycles. The van der Waals surface area contributed by atoms with Gasteiger partial charge in [-0.2, -0.15) is 0 Å². The van der Waals surface area contributed by atoms with Gasteiger partial charge in [0, 0.05) is 0 Å². The predicted octanol–water partition coefficient (Wildman–Crippen LogP) is 1.84. The highest BCUT2D eigenvalue weighted by Crippen LogP contribution is 2.30. The van der Waals surface area contributed by atoms with Crippen LogP contribution in [-0.4, -0.2) is 23.8 Å². The summed E-state index contributed by atoms with van der Waals surface area (Å²) in [6.45, 7) is 9.08. The summed E-state index contributed by atoms with van der Waals surface area (Å²) < 4.78 is 5.78. The van der Waals surface area contributed by atoms with E-state index >= 15 is 0 Å². The van der Waals surface area contributed by atoms with E-state index in [4.69, 9.17) is 4.74 Å². The maximum absolute atomic E-state index is 9.23. The Labute approximate surface area is 110 Å². The molecule has 0 aromatic heterocycles. The summed E-state index contributed by atoms with van der Waals surface area (Å²) >= 11 is 0. The van der Waals surface area contributed by atoms with Gasteiger partial charge in [-0.3, -0.25) is 0 Å². The Morgan fingerprint density at radius 3 is 2.39 bits per heavy atom. The molecule has 1 aromatic carbocycles. The molecule has 0 spiro atoms. The molecule has 0 saturated carbocycles. The molecule has 0 radical (unpaired) electrons. The van der Waals surface area contributed by atoms with Crippen LogP contribution in [0.15, 0.2) is 18.2 Å². The maximum atomic E-state index is 9.23. The number of unbranched alkanes of at least 4 members (excludes halogenated alkanes) is 1. The molecule has 0 unspecified atom stereocenters. The monoisotopic (exact) mass is 250 g/mol. The molecule has 0 aliphatic rings. The fourth-order valence-electron chi connectivity index (χ4n) is 1.75. The van der Waals surface area contributed by atoms with Gasteiger partial charge in [-0.1, -0.05) is 46.2 Å². The molecule has 100 valence electrons. The second-order valence-corrected chi connectivity index (χ2v) is 5.58. The fourth-order valence-corrected chi connectivity index (χ4v) is 1.75. The molecule has 0 bridgehead atoms. The van der Waals surface area contributed by atoms with Crippen LogP contribution >= 0.6 is 0 Å². The van der Waals surface area contributed by atoms with Crippen LogP contribution in [0.1, 0.15) is 46.1 Å². The van der Waals surface area contributed by atoms with Gasteiger partial charge in [0.15, 0.2) is 0 Å². The second-order valence-electron chi connectivity index (χ2n) is 5.58. The van der Waals surface area contributed by atoms with E-state index in [0.717, 1.165) is 24.2 Å². The minimum absolute atomic E-state index is 0.0908. The normalized spacial score (nSPS) is 11.4. The molecule has 0 aliphatic heterocycles. The van der Waals surface area contributed by atoms with Gasteiger partial charge in [-0.25, -0.2) is 0 Å². The molecule has 0 fully saturated rings. The Kier molecular flexibility index (Phi) is 5.23. The molecule has 3 nitrogen and oxygen atoms in total. The van der Waals surface area contributed by atoms with Crippen LogP contribution < -0.4 is 10.2 Å². The summed E-state index contributed by atoms with van der Waals surface area (Å²) in [6.07, 6.45) is 2.12. The van der Waals surface area contributed by atoms with Crippen molar-refractivity contribution < 1.29 is 14.8 Å². The lowest BCUT2D eigenvalue weighted by Gasteiger charge is -2.23. The first-order valence-corrected chi connectivity index (χ1v) is 6.49. The van der Waals surface area contributed by atoms with Crippen molar-refractivity contribution in [2.45, 2.75) is 46.0 Å². The molecule has 18 heavy (non-hydrogen) atoms. The van der Waals surface area contributed by atoms with E-state index in [2.05, 4.69) is 27.7 Å². The van der Waals surface area contributed by atoms with Crippen LogP contribution in [-0.2, 0) is 5.41 Å². The van der Waals surface area contributed by atoms with Crippen molar-refractivity contribution in [2.75, 3.05) is 6.61 Å². The lowest BCUT2D eigenvalue weighted by Crippen LogP contribution is -2.31. The standard InChI is InChI=1S/C14H23BO3/c1-5-6-9-18-13-8-7-11(15(16)17)10-12(13)14(2,3)4/h7-8,10,16-17H,5-6,9H2,1-4H3. The minimum atomic E-state index is -1.43. The topological polar surface area (TPSA) is 49.7 Å². The van der Waals surface area contributed by atoms with Gasteiger partial charge in [-0.15, -0.1) is 0 Å². The SMILES string of the molecule is CCCCOc1ccc(B(O)O)cc1C(C)(C)C. The van der Waals surface area contributed by atoms with Crippen LogP contribution in [0.25, 0.3) is 0 Å². The molecule has 2 N–H and O–H groups in total. The third-order valence-electron chi connectivity index (χ3n) is 2.87. The molecule has 0 heterocycles. The average molecular weight is 250 g/mol. The van der Waals surface area contributed by atoms with Gasteiger partial charge in [0.1, 0.15) is 5.75 Å². The Bertz CT molecular complexity index is 383. The Morgan fingerprint density at radius 1 is 1.22 bits per heavy atom. The lowest BCUT2D eigenvalue weighted by molar-refractivity contribution is 0.301. The van der Waals surface area contributed by atoms with Crippen molar-refractivity contribution in [3.05, 3.63) is 23.8 Å². The average Bonchev–Trinajstić information content (AvgIpc) is 2.28. The first-order chi connectivity index (χ1) is 8.36. The number of hydrogen-bond donors (Lipinski definition) is 2. The Hall–Kier alpha value is -0.995. The highest BCUT2D eigenvalue weighted by atomic mass is 16.5. The zero-order valence-electron chi connectivity index (χ0n) is 11.7. The van der Waals surface area contributed by atoms with Gasteiger partial charge < -0.3 is 14.8 Å². The molecule has 1 aromatic rings. The van der Waals surface area contributed by atoms with Gasteiger partial charge in [0.2, 0.25) is 0 Å². The quantitative estimate of drug-likeness (QED) is 0.619. The van der Waals surface area contributed by atoms with E-state index in [0.29, 0.717) is 12.1 Å². The van der Waals surface area contributed by atoms with Gasteiger partial charge in [0.25, 0.3) is 0 Å². The van der Waals surface area contributed by atoms with Crippen molar-refractivity contribution in [3.63, 3.8) is 0 Å². The number of hydrogen-bond acceptors (Lipinski definition) is 3. The van der Waals surface area contributed by atoms with E-state index in [-0.39, 0.29) is 5.41 Å². The van der Waals surface area contributed by atoms with E-state index in [1.165, 1.54) is 0 Å². The van der Waals surface area contributed by atoms with E-state index in [1.54, 1.807) is 6.07 Å². The summed E-state index contributed by atoms with van der Waals surface area (Å²) in [5.41, 5.74) is 1.42. The summed E-state index contributed by atoms with van der Waals surface area (Å²) in [6, 6.07) is 5.33. The van der Waals surface area contributed by atoms with E-state index in [9.17, 15) is 10.0 Å².